The molecule has 1 aromatic carbocycles. The van der Waals surface area contributed by atoms with Gasteiger partial charge in [0.15, 0.2) is 0 Å². The molecule has 2 fully saturated rings. The van der Waals surface area contributed by atoms with E-state index in [-0.39, 0.29) is 23.3 Å². The van der Waals surface area contributed by atoms with Crippen molar-refractivity contribution in [1.82, 2.24) is 10.3 Å². The molecule has 2 amide bonds. The van der Waals surface area contributed by atoms with Crippen molar-refractivity contribution in [3.8, 4) is 0 Å². The molecule has 2 aromatic rings. The fourth-order valence-corrected chi connectivity index (χ4v) is 6.35. The van der Waals surface area contributed by atoms with Gasteiger partial charge in [-0.1, -0.05) is 13.0 Å². The standard InChI is InChI=1S/C27H33N3O2/c1-16-6-5-7-21(29-16)15-27(12-13-27)24-17(2)25(19-8-9-19)30(18(3)31)23-11-10-20(14-22(23)24)26(32)28-4/h5-7,10-11,14,17,19,24-25H,8-9,12-13,15H2,1-4H3,(H,28,32)/t17-,24-,25-/m1/s1. The van der Waals surface area contributed by atoms with Crippen LogP contribution in [-0.4, -0.2) is 29.9 Å². The largest absolute Gasteiger partial charge is 0.355 e. The maximum Gasteiger partial charge on any atom is 0.251 e. The third-order valence-corrected chi connectivity index (χ3v) is 7.95. The van der Waals surface area contributed by atoms with Gasteiger partial charge in [-0.2, -0.15) is 0 Å². The zero-order valence-electron chi connectivity index (χ0n) is 19.5. The van der Waals surface area contributed by atoms with Crippen LogP contribution in [0.5, 0.6) is 0 Å². The number of fused-ring (bicyclic) bond motifs is 1. The molecule has 0 saturated heterocycles. The Morgan fingerprint density at radius 2 is 1.94 bits per heavy atom. The van der Waals surface area contributed by atoms with Crippen LogP contribution < -0.4 is 10.2 Å². The minimum Gasteiger partial charge on any atom is -0.355 e. The Bertz CT molecular complexity index is 1070. The molecule has 168 valence electrons. The van der Waals surface area contributed by atoms with Crippen molar-refractivity contribution < 1.29 is 9.59 Å². The van der Waals surface area contributed by atoms with E-state index < -0.39 is 0 Å². The molecule has 1 aliphatic heterocycles. The normalized spacial score (nSPS) is 25.8. The van der Waals surface area contributed by atoms with E-state index in [9.17, 15) is 9.59 Å². The highest BCUT2D eigenvalue weighted by molar-refractivity contribution is 5.98. The van der Waals surface area contributed by atoms with Gasteiger partial charge in [-0.3, -0.25) is 14.6 Å². The highest BCUT2D eigenvalue weighted by atomic mass is 16.2. The summed E-state index contributed by atoms with van der Waals surface area (Å²) in [6, 6.07) is 12.5. The van der Waals surface area contributed by atoms with Crippen LogP contribution in [-0.2, 0) is 11.2 Å². The van der Waals surface area contributed by atoms with Crippen LogP contribution in [0.4, 0.5) is 5.69 Å². The van der Waals surface area contributed by atoms with Gasteiger partial charge >= 0.3 is 0 Å². The highest BCUT2D eigenvalue weighted by Gasteiger charge is 2.58. The second-order valence-corrected chi connectivity index (χ2v) is 10.2. The van der Waals surface area contributed by atoms with Gasteiger partial charge in [-0.05, 0) is 98.1 Å². The number of nitrogens with zero attached hydrogens (tertiary/aromatic N) is 2. The molecule has 0 radical (unpaired) electrons. The second-order valence-electron chi connectivity index (χ2n) is 10.2. The van der Waals surface area contributed by atoms with Gasteiger partial charge in [-0.25, -0.2) is 0 Å². The fourth-order valence-electron chi connectivity index (χ4n) is 6.35. The summed E-state index contributed by atoms with van der Waals surface area (Å²) in [6.45, 7) is 6.07. The molecule has 2 aliphatic carbocycles. The van der Waals surface area contributed by atoms with Crippen molar-refractivity contribution >= 4 is 17.5 Å². The zero-order valence-corrected chi connectivity index (χ0v) is 19.5. The SMILES string of the molecule is CNC(=O)c1ccc2c(c1)[C@H](C1(Cc3cccc(C)n3)CC1)[C@@H](C)[C@H](C1CC1)N2C(C)=O. The van der Waals surface area contributed by atoms with Gasteiger partial charge in [-0.15, -0.1) is 0 Å². The first-order chi connectivity index (χ1) is 15.3. The number of nitrogens with one attached hydrogen (secondary N) is 1. The lowest BCUT2D eigenvalue weighted by atomic mass is 9.66. The average molecular weight is 432 g/mol. The summed E-state index contributed by atoms with van der Waals surface area (Å²) < 4.78 is 0. The maximum atomic E-state index is 12.9. The molecule has 5 heteroatoms. The molecule has 3 aliphatic rings. The summed E-state index contributed by atoms with van der Waals surface area (Å²) in [7, 11) is 1.67. The van der Waals surface area contributed by atoms with E-state index in [1.807, 2.05) is 30.0 Å². The molecule has 0 unspecified atom stereocenters. The molecule has 2 heterocycles. The van der Waals surface area contributed by atoms with Crippen LogP contribution >= 0.6 is 0 Å². The number of carbonyl (C=O) groups is 2. The molecule has 2 saturated carbocycles. The van der Waals surface area contributed by atoms with E-state index in [2.05, 4.69) is 30.4 Å². The Labute approximate surface area is 190 Å². The van der Waals surface area contributed by atoms with Crippen LogP contribution in [0.2, 0.25) is 0 Å². The molecule has 0 bridgehead atoms. The molecular formula is C27H33N3O2. The van der Waals surface area contributed by atoms with Gasteiger partial charge in [0, 0.05) is 42.7 Å². The predicted molar refractivity (Wildman–Crippen MR) is 126 cm³/mol. The number of anilines is 1. The first-order valence-corrected chi connectivity index (χ1v) is 11.9. The number of aryl methyl sites for hydroxylation is 1. The maximum absolute atomic E-state index is 12.9. The number of carbonyl (C=O) groups excluding carboxylic acids is 2. The summed E-state index contributed by atoms with van der Waals surface area (Å²) in [6.07, 6.45) is 5.68. The number of pyridine rings is 1. The van der Waals surface area contributed by atoms with E-state index in [1.54, 1.807) is 14.0 Å². The van der Waals surface area contributed by atoms with Crippen LogP contribution in [0.3, 0.4) is 0 Å². The topological polar surface area (TPSA) is 62.3 Å². The van der Waals surface area contributed by atoms with Crippen LogP contribution in [0.1, 0.15) is 72.8 Å². The summed E-state index contributed by atoms with van der Waals surface area (Å²) >= 11 is 0. The summed E-state index contributed by atoms with van der Waals surface area (Å²) in [5, 5.41) is 2.76. The molecular weight excluding hydrogens is 398 g/mol. The average Bonchev–Trinajstić information content (AvgIpc) is 3.68. The number of rotatable bonds is 5. The van der Waals surface area contributed by atoms with Crippen molar-refractivity contribution in [3.63, 3.8) is 0 Å². The van der Waals surface area contributed by atoms with E-state index in [0.29, 0.717) is 23.3 Å². The van der Waals surface area contributed by atoms with Crippen LogP contribution in [0.15, 0.2) is 36.4 Å². The molecule has 0 spiro atoms. The molecule has 3 atom stereocenters. The Balaban J connectivity index is 1.63. The molecule has 1 aromatic heterocycles. The predicted octanol–water partition coefficient (Wildman–Crippen LogP) is 4.64. The summed E-state index contributed by atoms with van der Waals surface area (Å²) in [4.78, 5) is 32.2. The van der Waals surface area contributed by atoms with Gasteiger partial charge in [0.1, 0.15) is 0 Å². The third kappa shape index (κ3) is 3.52. The first kappa shape index (κ1) is 21.2. The van der Waals surface area contributed by atoms with E-state index in [1.165, 1.54) is 25.7 Å². The third-order valence-electron chi connectivity index (χ3n) is 7.95. The van der Waals surface area contributed by atoms with Gasteiger partial charge in [0.25, 0.3) is 5.91 Å². The number of aromatic nitrogens is 1. The molecule has 1 N–H and O–H groups in total. The Hall–Kier alpha value is -2.69. The first-order valence-electron chi connectivity index (χ1n) is 11.9. The highest BCUT2D eigenvalue weighted by Crippen LogP contribution is 2.65. The van der Waals surface area contributed by atoms with Crippen molar-refractivity contribution in [2.75, 3.05) is 11.9 Å². The van der Waals surface area contributed by atoms with Crippen molar-refractivity contribution in [3.05, 3.63) is 58.9 Å². The van der Waals surface area contributed by atoms with Gasteiger partial charge in [0.05, 0.1) is 0 Å². The number of hydrogen-bond acceptors (Lipinski definition) is 3. The Morgan fingerprint density at radius 3 is 2.53 bits per heavy atom. The van der Waals surface area contributed by atoms with Crippen LogP contribution in [0, 0.1) is 24.2 Å². The molecule has 5 nitrogen and oxygen atoms in total. The summed E-state index contributed by atoms with van der Waals surface area (Å²) in [5.74, 6) is 1.25. The van der Waals surface area contributed by atoms with Crippen LogP contribution in [0.25, 0.3) is 0 Å². The van der Waals surface area contributed by atoms with Crippen molar-refractivity contribution in [2.24, 2.45) is 17.3 Å². The second kappa shape index (κ2) is 7.72. The number of amides is 2. The molecule has 5 rings (SSSR count). The fraction of sp³-hybridized carbons (Fsp3) is 0.519. The smallest absolute Gasteiger partial charge is 0.251 e. The Kier molecular flexibility index (Phi) is 5.11. The quantitative estimate of drug-likeness (QED) is 0.750. The van der Waals surface area contributed by atoms with E-state index >= 15 is 0 Å². The Morgan fingerprint density at radius 1 is 1.19 bits per heavy atom. The van der Waals surface area contributed by atoms with E-state index in [0.717, 1.165) is 29.1 Å². The van der Waals surface area contributed by atoms with Gasteiger partial charge in [0.2, 0.25) is 5.91 Å². The van der Waals surface area contributed by atoms with Crippen molar-refractivity contribution in [1.29, 1.82) is 0 Å². The lowest BCUT2D eigenvalue weighted by Crippen LogP contribution is -2.51. The number of hydrogen-bond donors (Lipinski definition) is 1. The van der Waals surface area contributed by atoms with Crippen molar-refractivity contribution in [2.45, 2.75) is 64.8 Å². The summed E-state index contributed by atoms with van der Waals surface area (Å²) in [5.41, 5.74) is 5.18. The lowest BCUT2D eigenvalue weighted by molar-refractivity contribution is -0.117. The monoisotopic (exact) mass is 431 g/mol. The molecule has 32 heavy (non-hydrogen) atoms. The van der Waals surface area contributed by atoms with Gasteiger partial charge < -0.3 is 10.2 Å². The number of benzene rings is 1. The zero-order chi connectivity index (χ0) is 22.6. The van der Waals surface area contributed by atoms with E-state index in [4.69, 9.17) is 4.98 Å². The minimum absolute atomic E-state index is 0.0805. The lowest BCUT2D eigenvalue weighted by Gasteiger charge is -2.48. The minimum atomic E-state index is -0.0805.